The summed E-state index contributed by atoms with van der Waals surface area (Å²) in [7, 11) is 5.54. The zero-order valence-corrected chi connectivity index (χ0v) is 16.9. The van der Waals surface area contributed by atoms with Crippen molar-refractivity contribution < 1.29 is 14.6 Å². The molecule has 2 unspecified atom stereocenters. The molecule has 0 bridgehead atoms. The van der Waals surface area contributed by atoms with Crippen LogP contribution in [0.5, 0.6) is 0 Å². The van der Waals surface area contributed by atoms with E-state index in [1.165, 1.54) is 0 Å². The second kappa shape index (κ2) is 7.72. The topological polar surface area (TPSA) is 79.6 Å². The standard InChI is InChI=1S/C21H30N4O3/c1-24(16-8-14-10-17(26)11-15(14)9-16)20(27)13-4-5-19-18(12-13)23-21(25(19)2)22-6-7-28-3/h4-5,12,14-17,26H,6-11H2,1-3H3,(H,22,23)/t14-,15+,16?,17?. The van der Waals surface area contributed by atoms with Crippen molar-refractivity contribution in [1.82, 2.24) is 14.5 Å². The van der Waals surface area contributed by atoms with Crippen LogP contribution in [0.4, 0.5) is 5.95 Å². The van der Waals surface area contributed by atoms with Gasteiger partial charge in [-0.25, -0.2) is 4.98 Å². The predicted octanol–water partition coefficient (Wildman–Crippen LogP) is 2.25. The Morgan fingerprint density at radius 2 is 2.04 bits per heavy atom. The van der Waals surface area contributed by atoms with Crippen molar-refractivity contribution in [3.8, 4) is 0 Å². The van der Waals surface area contributed by atoms with Crippen molar-refractivity contribution >= 4 is 22.9 Å². The SMILES string of the molecule is COCCNc1nc2cc(C(=O)N(C)C3C[C@H]4CC(O)C[C@H]4C3)ccc2n1C. The van der Waals surface area contributed by atoms with Gasteiger partial charge in [-0.1, -0.05) is 0 Å². The molecule has 7 nitrogen and oxygen atoms in total. The second-order valence-corrected chi connectivity index (χ2v) is 8.30. The molecule has 2 aromatic rings. The number of carbonyl (C=O) groups excluding carboxylic acids is 1. The fourth-order valence-electron chi connectivity index (χ4n) is 4.99. The summed E-state index contributed by atoms with van der Waals surface area (Å²) in [4.78, 5) is 19.6. The third-order valence-electron chi connectivity index (χ3n) is 6.55. The maximum Gasteiger partial charge on any atom is 0.253 e. The first-order valence-corrected chi connectivity index (χ1v) is 10.1. The third kappa shape index (κ3) is 3.49. The van der Waals surface area contributed by atoms with Crippen LogP contribution in [0.1, 0.15) is 36.0 Å². The van der Waals surface area contributed by atoms with E-state index in [1.807, 2.05) is 41.8 Å². The molecule has 0 spiro atoms. The van der Waals surface area contributed by atoms with Crippen molar-refractivity contribution in [3.05, 3.63) is 23.8 Å². The Kier molecular flexibility index (Phi) is 5.29. The van der Waals surface area contributed by atoms with Crippen LogP contribution in [-0.4, -0.2) is 64.9 Å². The zero-order valence-electron chi connectivity index (χ0n) is 16.9. The number of rotatable bonds is 6. The van der Waals surface area contributed by atoms with Crippen molar-refractivity contribution in [2.24, 2.45) is 18.9 Å². The minimum atomic E-state index is -0.143. The van der Waals surface area contributed by atoms with Crippen LogP contribution >= 0.6 is 0 Å². The lowest BCUT2D eigenvalue weighted by molar-refractivity contribution is 0.0722. The number of aryl methyl sites for hydroxylation is 1. The summed E-state index contributed by atoms with van der Waals surface area (Å²) in [5.41, 5.74) is 2.48. The number of hydrogen-bond acceptors (Lipinski definition) is 5. The zero-order chi connectivity index (χ0) is 19.8. The molecular formula is C21H30N4O3. The van der Waals surface area contributed by atoms with E-state index in [9.17, 15) is 9.90 Å². The summed E-state index contributed by atoms with van der Waals surface area (Å²) in [6, 6.07) is 6.00. The molecule has 2 N–H and O–H groups in total. The molecule has 1 aromatic carbocycles. The summed E-state index contributed by atoms with van der Waals surface area (Å²) < 4.78 is 7.07. The highest BCUT2D eigenvalue weighted by molar-refractivity contribution is 5.97. The van der Waals surface area contributed by atoms with Gasteiger partial charge < -0.3 is 24.6 Å². The van der Waals surface area contributed by atoms with Gasteiger partial charge in [0.15, 0.2) is 0 Å². The van der Waals surface area contributed by atoms with Crippen LogP contribution in [0.15, 0.2) is 18.2 Å². The first-order chi connectivity index (χ1) is 13.5. The quantitative estimate of drug-likeness (QED) is 0.745. The Morgan fingerprint density at radius 1 is 1.32 bits per heavy atom. The molecule has 28 heavy (non-hydrogen) atoms. The van der Waals surface area contributed by atoms with E-state index in [0.29, 0.717) is 30.6 Å². The average molecular weight is 386 g/mol. The monoisotopic (exact) mass is 386 g/mol. The van der Waals surface area contributed by atoms with Gasteiger partial charge in [0.1, 0.15) is 0 Å². The molecule has 0 aliphatic heterocycles. The second-order valence-electron chi connectivity index (χ2n) is 8.30. The van der Waals surface area contributed by atoms with E-state index in [2.05, 4.69) is 10.3 Å². The normalized spacial score (nSPS) is 26.6. The van der Waals surface area contributed by atoms with Crippen LogP contribution in [0.3, 0.4) is 0 Å². The van der Waals surface area contributed by atoms with Crippen LogP contribution in [0.2, 0.25) is 0 Å². The molecule has 4 rings (SSSR count). The molecule has 7 heteroatoms. The van der Waals surface area contributed by atoms with Gasteiger partial charge in [0.05, 0.1) is 23.7 Å². The molecule has 152 valence electrons. The number of nitrogens with one attached hydrogen (secondary N) is 1. The van der Waals surface area contributed by atoms with Crippen LogP contribution in [0, 0.1) is 11.8 Å². The number of amides is 1. The lowest BCUT2D eigenvalue weighted by Crippen LogP contribution is -2.36. The molecule has 2 fully saturated rings. The number of anilines is 1. The molecule has 2 saturated carbocycles. The van der Waals surface area contributed by atoms with Crippen LogP contribution in [0.25, 0.3) is 11.0 Å². The minimum absolute atomic E-state index is 0.0481. The Bertz CT molecular complexity index is 851. The van der Waals surface area contributed by atoms with Crippen molar-refractivity contribution in [1.29, 1.82) is 0 Å². The lowest BCUT2D eigenvalue weighted by Gasteiger charge is -2.25. The maximum absolute atomic E-state index is 13.1. The van der Waals surface area contributed by atoms with E-state index in [0.717, 1.165) is 42.7 Å². The first-order valence-electron chi connectivity index (χ1n) is 10.1. The molecule has 0 radical (unpaired) electrons. The summed E-state index contributed by atoms with van der Waals surface area (Å²) in [6.45, 7) is 1.29. The Balaban J connectivity index is 1.48. The molecular weight excluding hydrogens is 356 g/mol. The number of aliphatic hydroxyl groups excluding tert-OH is 1. The number of imidazole rings is 1. The Hall–Kier alpha value is -2.12. The summed E-state index contributed by atoms with van der Waals surface area (Å²) in [5, 5.41) is 13.1. The lowest BCUT2D eigenvalue weighted by atomic mass is 10.0. The smallest absolute Gasteiger partial charge is 0.253 e. The van der Waals surface area contributed by atoms with Gasteiger partial charge in [-0.05, 0) is 55.7 Å². The number of aliphatic hydroxyl groups is 1. The Morgan fingerprint density at radius 3 is 2.71 bits per heavy atom. The fourth-order valence-corrected chi connectivity index (χ4v) is 4.99. The molecule has 1 amide bonds. The molecule has 2 aliphatic carbocycles. The van der Waals surface area contributed by atoms with Crippen molar-refractivity contribution in [2.45, 2.75) is 37.8 Å². The number of benzene rings is 1. The van der Waals surface area contributed by atoms with Crippen LogP contribution < -0.4 is 5.32 Å². The highest BCUT2D eigenvalue weighted by Crippen LogP contribution is 2.45. The van der Waals surface area contributed by atoms with E-state index in [4.69, 9.17) is 4.74 Å². The van der Waals surface area contributed by atoms with Crippen molar-refractivity contribution in [3.63, 3.8) is 0 Å². The number of nitrogens with zero attached hydrogens (tertiary/aromatic N) is 3. The largest absolute Gasteiger partial charge is 0.393 e. The molecule has 2 aliphatic rings. The number of methoxy groups -OCH3 is 1. The summed E-state index contributed by atoms with van der Waals surface area (Å²) in [5.74, 6) is 1.95. The van der Waals surface area contributed by atoms with Gasteiger partial charge in [0.2, 0.25) is 5.95 Å². The number of aromatic nitrogens is 2. The summed E-state index contributed by atoms with van der Waals surface area (Å²) in [6.07, 6.45) is 3.64. The summed E-state index contributed by atoms with van der Waals surface area (Å²) >= 11 is 0. The number of ether oxygens (including phenoxy) is 1. The number of fused-ring (bicyclic) bond motifs is 2. The van der Waals surface area contributed by atoms with Crippen molar-refractivity contribution in [2.75, 3.05) is 32.6 Å². The third-order valence-corrected chi connectivity index (χ3v) is 6.55. The minimum Gasteiger partial charge on any atom is -0.393 e. The van der Waals surface area contributed by atoms with E-state index in [1.54, 1.807) is 7.11 Å². The van der Waals surface area contributed by atoms with E-state index in [-0.39, 0.29) is 18.1 Å². The maximum atomic E-state index is 13.1. The number of carbonyl (C=O) groups is 1. The molecule has 1 aromatic heterocycles. The first kappa shape index (κ1) is 19.2. The molecule has 4 atom stereocenters. The molecule has 0 saturated heterocycles. The average Bonchev–Trinajstić information content (AvgIpc) is 3.32. The highest BCUT2D eigenvalue weighted by atomic mass is 16.5. The molecule has 1 heterocycles. The number of hydrogen-bond donors (Lipinski definition) is 2. The van der Waals surface area contributed by atoms with E-state index < -0.39 is 0 Å². The van der Waals surface area contributed by atoms with E-state index >= 15 is 0 Å². The fraction of sp³-hybridized carbons (Fsp3) is 0.619. The Labute approximate surface area is 165 Å². The van der Waals surface area contributed by atoms with Gasteiger partial charge in [-0.15, -0.1) is 0 Å². The van der Waals surface area contributed by atoms with Gasteiger partial charge in [-0.3, -0.25) is 4.79 Å². The van der Waals surface area contributed by atoms with Gasteiger partial charge in [0.25, 0.3) is 5.91 Å². The highest BCUT2D eigenvalue weighted by Gasteiger charge is 2.43. The van der Waals surface area contributed by atoms with Gasteiger partial charge >= 0.3 is 0 Å². The predicted molar refractivity (Wildman–Crippen MR) is 108 cm³/mol. The van der Waals surface area contributed by atoms with Gasteiger partial charge in [0, 0.05) is 39.4 Å². The van der Waals surface area contributed by atoms with Gasteiger partial charge in [-0.2, -0.15) is 0 Å². The van der Waals surface area contributed by atoms with Crippen LogP contribution in [-0.2, 0) is 11.8 Å².